The fourth-order valence-electron chi connectivity index (χ4n) is 4.43. The van der Waals surface area contributed by atoms with E-state index in [0.29, 0.717) is 5.92 Å². The van der Waals surface area contributed by atoms with Gasteiger partial charge in [-0.15, -0.1) is 0 Å². The van der Waals surface area contributed by atoms with Crippen LogP contribution < -0.4 is 4.90 Å². The van der Waals surface area contributed by atoms with E-state index >= 15 is 0 Å². The van der Waals surface area contributed by atoms with E-state index in [9.17, 15) is 0 Å². The van der Waals surface area contributed by atoms with Gasteiger partial charge in [-0.3, -0.25) is 0 Å². The van der Waals surface area contributed by atoms with Crippen LogP contribution in [0.1, 0.15) is 11.1 Å². The Morgan fingerprint density at radius 2 is 1.45 bits per heavy atom. The highest BCUT2D eigenvalue weighted by atomic mass is 15.2. The van der Waals surface area contributed by atoms with E-state index in [1.54, 1.807) is 0 Å². The van der Waals surface area contributed by atoms with Gasteiger partial charge in [0.05, 0.1) is 5.52 Å². The molecule has 5 rings (SSSR count). The van der Waals surface area contributed by atoms with E-state index in [1.807, 2.05) is 0 Å². The number of fused-ring (bicyclic) bond motifs is 1. The van der Waals surface area contributed by atoms with E-state index in [4.69, 9.17) is 0 Å². The van der Waals surface area contributed by atoms with Crippen molar-refractivity contribution in [2.75, 3.05) is 18.0 Å². The molecule has 1 aliphatic rings. The summed E-state index contributed by atoms with van der Waals surface area (Å²) in [5.41, 5.74) is 4.05. The predicted octanol–water partition coefficient (Wildman–Crippen LogP) is 5.92. The van der Waals surface area contributed by atoms with Gasteiger partial charge in [-0.25, -0.2) is 0 Å². The summed E-state index contributed by atoms with van der Waals surface area (Å²) in [4.78, 5) is 2.54. The molecule has 29 heavy (non-hydrogen) atoms. The van der Waals surface area contributed by atoms with Crippen molar-refractivity contribution < 1.29 is 0 Å². The molecule has 0 saturated carbocycles. The third-order valence-electron chi connectivity index (χ3n) is 5.83. The second-order valence-electron chi connectivity index (χ2n) is 7.92. The maximum absolute atomic E-state index is 2.54. The van der Waals surface area contributed by atoms with Crippen LogP contribution in [0.5, 0.6) is 0 Å². The zero-order valence-electron chi connectivity index (χ0n) is 16.6. The molecule has 1 atom stereocenters. The lowest BCUT2D eigenvalue weighted by Gasteiger charge is -2.31. The molecule has 0 radical (unpaired) electrons. The summed E-state index contributed by atoms with van der Waals surface area (Å²) >= 11 is 0. The highest BCUT2D eigenvalue weighted by Crippen LogP contribution is 2.30. The molecule has 1 unspecified atom stereocenters. The first-order valence-electron chi connectivity index (χ1n) is 10.4. The smallest absolute Gasteiger partial charge is 0.110 e. The van der Waals surface area contributed by atoms with Crippen LogP contribution >= 0.6 is 0 Å². The monoisotopic (exact) mass is 378 g/mol. The van der Waals surface area contributed by atoms with Crippen molar-refractivity contribution in [2.24, 2.45) is 5.92 Å². The fraction of sp³-hybridized carbons (Fsp3) is 0.185. The third kappa shape index (κ3) is 3.84. The van der Waals surface area contributed by atoms with Crippen molar-refractivity contribution in [3.05, 3.63) is 114 Å². The molecule has 0 fully saturated rings. The highest BCUT2D eigenvalue weighted by Gasteiger charge is 2.20. The van der Waals surface area contributed by atoms with Crippen molar-refractivity contribution in [2.45, 2.75) is 13.0 Å². The van der Waals surface area contributed by atoms with Gasteiger partial charge in [0.1, 0.15) is 5.82 Å². The van der Waals surface area contributed by atoms with E-state index in [2.05, 4.69) is 113 Å². The summed E-state index contributed by atoms with van der Waals surface area (Å²) in [6.07, 6.45) is 5.82. The van der Waals surface area contributed by atoms with E-state index in [-0.39, 0.29) is 0 Å². The quantitative estimate of drug-likeness (QED) is 0.391. The molecule has 0 bridgehead atoms. The Bertz CT molecular complexity index is 1110. The zero-order valence-corrected chi connectivity index (χ0v) is 16.6. The van der Waals surface area contributed by atoms with Crippen molar-refractivity contribution in [1.82, 2.24) is 4.57 Å². The number of rotatable bonds is 5. The highest BCUT2D eigenvalue weighted by molar-refractivity contribution is 5.85. The minimum Gasteiger partial charge on any atom is -0.354 e. The molecule has 0 aliphatic carbocycles. The van der Waals surface area contributed by atoms with E-state index < -0.39 is 0 Å². The Morgan fingerprint density at radius 3 is 2.24 bits per heavy atom. The molecule has 3 aromatic carbocycles. The minimum atomic E-state index is 0.536. The number of hydrogen-bond acceptors (Lipinski definition) is 1. The molecular weight excluding hydrogens is 352 g/mol. The van der Waals surface area contributed by atoms with Crippen molar-refractivity contribution >= 4 is 16.7 Å². The number of para-hydroxylation sites is 1. The Hall–Kier alpha value is -3.26. The van der Waals surface area contributed by atoms with Gasteiger partial charge < -0.3 is 9.47 Å². The first-order chi connectivity index (χ1) is 14.4. The van der Waals surface area contributed by atoms with Crippen LogP contribution in [0.3, 0.4) is 0 Å². The van der Waals surface area contributed by atoms with Gasteiger partial charge in [0, 0.05) is 25.0 Å². The van der Waals surface area contributed by atoms with Crippen LogP contribution in [0.4, 0.5) is 5.82 Å². The van der Waals surface area contributed by atoms with Crippen molar-refractivity contribution in [3.8, 4) is 0 Å². The second-order valence-corrected chi connectivity index (χ2v) is 7.92. The van der Waals surface area contributed by atoms with Crippen molar-refractivity contribution in [1.29, 1.82) is 0 Å². The molecule has 2 heterocycles. The molecule has 2 nitrogen and oxygen atoms in total. The molecule has 1 aliphatic heterocycles. The average molecular weight is 379 g/mol. The molecule has 1 aromatic heterocycles. The Kier molecular flexibility index (Phi) is 4.92. The normalized spacial score (nSPS) is 16.4. The lowest BCUT2D eigenvalue weighted by Crippen LogP contribution is -2.34. The predicted molar refractivity (Wildman–Crippen MR) is 122 cm³/mol. The molecule has 0 N–H and O–H groups in total. The first-order valence-corrected chi connectivity index (χ1v) is 10.4. The largest absolute Gasteiger partial charge is 0.354 e. The van der Waals surface area contributed by atoms with Gasteiger partial charge in [0.25, 0.3) is 0 Å². The number of hydrogen-bond donors (Lipinski definition) is 0. The van der Waals surface area contributed by atoms with E-state index in [0.717, 1.165) is 26.1 Å². The summed E-state index contributed by atoms with van der Waals surface area (Å²) in [6, 6.07) is 32.7. The standard InChI is InChI=1S/C27H26N2/c1-3-10-22(11-4-1)18-24-14-9-17-28(20-24)27-19-25-15-7-8-16-26(25)29(27)21-23-12-5-2-6-13-23/h1-16,19,24H,17-18,20-21H2. The number of aromatic nitrogens is 1. The Morgan fingerprint density at radius 1 is 0.759 bits per heavy atom. The molecule has 2 heteroatoms. The van der Waals surface area contributed by atoms with Gasteiger partial charge in [-0.05, 0) is 35.6 Å². The first kappa shape index (κ1) is 17.8. The average Bonchev–Trinajstić information content (AvgIpc) is 3.14. The lowest BCUT2D eigenvalue weighted by atomic mass is 9.96. The molecule has 4 aromatic rings. The molecular formula is C27H26N2. The van der Waals surface area contributed by atoms with Gasteiger partial charge in [-0.2, -0.15) is 0 Å². The third-order valence-corrected chi connectivity index (χ3v) is 5.83. The number of anilines is 1. The summed E-state index contributed by atoms with van der Waals surface area (Å²) in [5.74, 6) is 1.85. The Labute approximate surface area is 172 Å². The van der Waals surface area contributed by atoms with Crippen molar-refractivity contribution in [3.63, 3.8) is 0 Å². The summed E-state index contributed by atoms with van der Waals surface area (Å²) < 4.78 is 2.48. The van der Waals surface area contributed by atoms with Crippen LogP contribution in [0, 0.1) is 5.92 Å². The number of nitrogens with zero attached hydrogens (tertiary/aromatic N) is 2. The van der Waals surface area contributed by atoms with Gasteiger partial charge in [0.2, 0.25) is 0 Å². The van der Waals surface area contributed by atoms with Crippen LogP contribution in [0.2, 0.25) is 0 Å². The van der Waals surface area contributed by atoms with Gasteiger partial charge in [0.15, 0.2) is 0 Å². The van der Waals surface area contributed by atoms with Crippen LogP contribution in [-0.2, 0) is 13.0 Å². The maximum Gasteiger partial charge on any atom is 0.110 e. The lowest BCUT2D eigenvalue weighted by molar-refractivity contribution is 0.592. The molecule has 0 saturated heterocycles. The van der Waals surface area contributed by atoms with Crippen LogP contribution in [-0.4, -0.2) is 17.7 Å². The van der Waals surface area contributed by atoms with Gasteiger partial charge in [-0.1, -0.05) is 91.0 Å². The number of benzene rings is 3. The minimum absolute atomic E-state index is 0.536. The SMILES string of the molecule is C1=CC(Cc2ccccc2)CN(c2cc3ccccc3n2Cc2ccccc2)C1. The maximum atomic E-state index is 2.54. The molecule has 0 amide bonds. The summed E-state index contributed by atoms with van der Waals surface area (Å²) in [5, 5.41) is 1.31. The van der Waals surface area contributed by atoms with E-state index in [1.165, 1.54) is 27.8 Å². The second kappa shape index (κ2) is 8.00. The molecule has 144 valence electrons. The topological polar surface area (TPSA) is 8.17 Å². The summed E-state index contributed by atoms with van der Waals surface area (Å²) in [7, 11) is 0. The Balaban J connectivity index is 1.46. The molecule has 0 spiro atoms. The van der Waals surface area contributed by atoms with Crippen LogP contribution in [0.15, 0.2) is 103 Å². The van der Waals surface area contributed by atoms with Crippen LogP contribution in [0.25, 0.3) is 10.9 Å². The summed E-state index contributed by atoms with van der Waals surface area (Å²) in [6.45, 7) is 2.92. The fourth-order valence-corrected chi connectivity index (χ4v) is 4.43. The van der Waals surface area contributed by atoms with Gasteiger partial charge >= 0.3 is 0 Å². The zero-order chi connectivity index (χ0) is 19.5.